The highest BCUT2D eigenvalue weighted by molar-refractivity contribution is 5.83. The Morgan fingerprint density at radius 1 is 1.17 bits per heavy atom. The van der Waals surface area contributed by atoms with Gasteiger partial charge in [0, 0.05) is 6.54 Å². The van der Waals surface area contributed by atoms with E-state index >= 15 is 0 Å². The molecule has 0 fully saturated rings. The second kappa shape index (κ2) is 8.50. The van der Waals surface area contributed by atoms with Crippen LogP contribution in [0.3, 0.4) is 0 Å². The standard InChI is InChI=1S/C20H25NO3/c1-4-17(15-9-11-16(24-3)12-10-15)20(23)21-13-19(22)18-8-6-5-7-14(18)2/h5-12,17,19,22H,4,13H2,1-3H3,(H,21,23). The van der Waals surface area contributed by atoms with Gasteiger partial charge in [0.25, 0.3) is 0 Å². The second-order valence-corrected chi connectivity index (χ2v) is 5.85. The zero-order chi connectivity index (χ0) is 17.5. The van der Waals surface area contributed by atoms with E-state index in [-0.39, 0.29) is 18.4 Å². The van der Waals surface area contributed by atoms with E-state index in [2.05, 4.69) is 5.32 Å². The van der Waals surface area contributed by atoms with Gasteiger partial charge in [0.1, 0.15) is 5.75 Å². The molecule has 2 atom stereocenters. The summed E-state index contributed by atoms with van der Waals surface area (Å²) in [6.07, 6.45) is -0.0120. The summed E-state index contributed by atoms with van der Waals surface area (Å²) in [5.41, 5.74) is 2.80. The minimum atomic E-state index is -0.705. The van der Waals surface area contributed by atoms with E-state index in [0.717, 1.165) is 22.4 Å². The van der Waals surface area contributed by atoms with Gasteiger partial charge in [0.2, 0.25) is 5.91 Å². The summed E-state index contributed by atoms with van der Waals surface area (Å²) in [5, 5.41) is 13.2. The Kier molecular flexibility index (Phi) is 6.38. The Morgan fingerprint density at radius 2 is 1.83 bits per heavy atom. The number of amides is 1. The summed E-state index contributed by atoms with van der Waals surface area (Å²) < 4.78 is 5.15. The molecule has 0 spiro atoms. The van der Waals surface area contributed by atoms with Crippen molar-refractivity contribution in [3.05, 3.63) is 65.2 Å². The first-order valence-electron chi connectivity index (χ1n) is 8.22. The Bertz CT molecular complexity index is 667. The number of aliphatic hydroxyl groups is 1. The van der Waals surface area contributed by atoms with Crippen molar-refractivity contribution in [2.45, 2.75) is 32.3 Å². The summed E-state index contributed by atoms with van der Waals surface area (Å²) in [6.45, 7) is 4.13. The van der Waals surface area contributed by atoms with Crippen LogP contribution in [0.25, 0.3) is 0 Å². The van der Waals surface area contributed by atoms with Crippen molar-refractivity contribution in [2.24, 2.45) is 0 Å². The van der Waals surface area contributed by atoms with E-state index in [9.17, 15) is 9.90 Å². The van der Waals surface area contributed by atoms with Crippen molar-refractivity contribution >= 4 is 5.91 Å². The molecule has 0 radical (unpaired) electrons. The summed E-state index contributed by atoms with van der Waals surface area (Å²) in [6, 6.07) is 15.2. The lowest BCUT2D eigenvalue weighted by atomic mass is 9.95. The van der Waals surface area contributed by atoms with Crippen LogP contribution in [-0.4, -0.2) is 24.7 Å². The van der Waals surface area contributed by atoms with Gasteiger partial charge in [-0.15, -0.1) is 0 Å². The molecule has 2 aromatic carbocycles. The Labute approximate surface area is 143 Å². The van der Waals surface area contributed by atoms with E-state index in [0.29, 0.717) is 6.42 Å². The molecule has 2 rings (SSSR count). The van der Waals surface area contributed by atoms with Crippen molar-refractivity contribution in [3.63, 3.8) is 0 Å². The van der Waals surface area contributed by atoms with Crippen LogP contribution in [-0.2, 0) is 4.79 Å². The number of methoxy groups -OCH3 is 1. The van der Waals surface area contributed by atoms with Crippen LogP contribution in [0.1, 0.15) is 42.1 Å². The predicted octanol–water partition coefficient (Wildman–Crippen LogP) is 3.35. The van der Waals surface area contributed by atoms with Gasteiger partial charge in [-0.1, -0.05) is 43.3 Å². The molecule has 0 aliphatic heterocycles. The number of aliphatic hydroxyl groups excluding tert-OH is 1. The van der Waals surface area contributed by atoms with Gasteiger partial charge >= 0.3 is 0 Å². The van der Waals surface area contributed by atoms with Gasteiger partial charge in [-0.05, 0) is 42.2 Å². The third kappa shape index (κ3) is 4.36. The number of carbonyl (C=O) groups excluding carboxylic acids is 1. The quantitative estimate of drug-likeness (QED) is 0.820. The van der Waals surface area contributed by atoms with Crippen LogP contribution < -0.4 is 10.1 Å². The third-order valence-electron chi connectivity index (χ3n) is 4.26. The van der Waals surface area contributed by atoms with Crippen molar-refractivity contribution in [1.82, 2.24) is 5.32 Å². The lowest BCUT2D eigenvalue weighted by Crippen LogP contribution is -2.32. The van der Waals surface area contributed by atoms with Crippen LogP contribution in [0.2, 0.25) is 0 Å². The van der Waals surface area contributed by atoms with E-state index in [4.69, 9.17) is 4.74 Å². The molecule has 0 saturated carbocycles. The highest BCUT2D eigenvalue weighted by atomic mass is 16.5. The monoisotopic (exact) mass is 327 g/mol. The normalized spacial score (nSPS) is 13.2. The SMILES string of the molecule is CCC(C(=O)NCC(O)c1ccccc1C)c1ccc(OC)cc1. The molecule has 24 heavy (non-hydrogen) atoms. The fourth-order valence-corrected chi connectivity index (χ4v) is 2.80. The second-order valence-electron chi connectivity index (χ2n) is 5.85. The predicted molar refractivity (Wildman–Crippen MR) is 95.2 cm³/mol. The van der Waals surface area contributed by atoms with Crippen molar-refractivity contribution in [1.29, 1.82) is 0 Å². The molecule has 0 aromatic heterocycles. The van der Waals surface area contributed by atoms with Gasteiger partial charge in [0.15, 0.2) is 0 Å². The number of hydrogen-bond donors (Lipinski definition) is 2. The number of aryl methyl sites for hydroxylation is 1. The molecule has 0 aliphatic rings. The first kappa shape index (κ1) is 18.0. The van der Waals surface area contributed by atoms with Gasteiger partial charge in [-0.3, -0.25) is 4.79 Å². The van der Waals surface area contributed by atoms with Gasteiger partial charge in [-0.2, -0.15) is 0 Å². The maximum atomic E-state index is 12.5. The average Bonchev–Trinajstić information content (AvgIpc) is 2.61. The molecule has 4 nitrogen and oxygen atoms in total. The minimum Gasteiger partial charge on any atom is -0.497 e. The van der Waals surface area contributed by atoms with Crippen molar-refractivity contribution in [2.75, 3.05) is 13.7 Å². The molecule has 0 bridgehead atoms. The molecule has 128 valence electrons. The Morgan fingerprint density at radius 3 is 2.42 bits per heavy atom. The zero-order valence-electron chi connectivity index (χ0n) is 14.5. The van der Waals surface area contributed by atoms with Crippen LogP contribution in [0.4, 0.5) is 0 Å². The van der Waals surface area contributed by atoms with E-state index in [1.807, 2.05) is 62.4 Å². The van der Waals surface area contributed by atoms with E-state index in [1.54, 1.807) is 7.11 Å². The molecule has 0 aliphatic carbocycles. The molecule has 2 N–H and O–H groups in total. The number of ether oxygens (including phenoxy) is 1. The number of benzene rings is 2. The topological polar surface area (TPSA) is 58.6 Å². The molecule has 4 heteroatoms. The summed E-state index contributed by atoms with van der Waals surface area (Å²) in [5.74, 6) is 0.458. The smallest absolute Gasteiger partial charge is 0.227 e. The van der Waals surface area contributed by atoms with Gasteiger partial charge < -0.3 is 15.2 Å². The van der Waals surface area contributed by atoms with Crippen molar-refractivity contribution in [3.8, 4) is 5.75 Å². The molecule has 2 aromatic rings. The molecule has 1 amide bonds. The molecule has 0 heterocycles. The third-order valence-corrected chi connectivity index (χ3v) is 4.26. The highest BCUT2D eigenvalue weighted by Gasteiger charge is 2.20. The molecule has 0 saturated heterocycles. The number of hydrogen-bond acceptors (Lipinski definition) is 3. The fourth-order valence-electron chi connectivity index (χ4n) is 2.80. The Hall–Kier alpha value is -2.33. The first-order chi connectivity index (χ1) is 11.6. The van der Waals surface area contributed by atoms with E-state index in [1.165, 1.54) is 0 Å². The average molecular weight is 327 g/mol. The number of carbonyl (C=O) groups is 1. The summed E-state index contributed by atoms with van der Waals surface area (Å²) in [7, 11) is 1.62. The number of nitrogens with one attached hydrogen (secondary N) is 1. The highest BCUT2D eigenvalue weighted by Crippen LogP contribution is 2.23. The Balaban J connectivity index is 2.00. The van der Waals surface area contributed by atoms with Crippen LogP contribution in [0.5, 0.6) is 5.75 Å². The molecular formula is C20H25NO3. The van der Waals surface area contributed by atoms with Crippen molar-refractivity contribution < 1.29 is 14.6 Å². The maximum Gasteiger partial charge on any atom is 0.227 e. The molecule has 2 unspecified atom stereocenters. The van der Waals surface area contributed by atoms with Crippen LogP contribution in [0, 0.1) is 6.92 Å². The maximum absolute atomic E-state index is 12.5. The number of rotatable bonds is 7. The van der Waals surface area contributed by atoms with Crippen LogP contribution >= 0.6 is 0 Å². The summed E-state index contributed by atoms with van der Waals surface area (Å²) >= 11 is 0. The fraction of sp³-hybridized carbons (Fsp3) is 0.350. The lowest BCUT2D eigenvalue weighted by molar-refractivity contribution is -0.123. The minimum absolute atomic E-state index is 0.0738. The van der Waals surface area contributed by atoms with Gasteiger partial charge in [0.05, 0.1) is 19.1 Å². The summed E-state index contributed by atoms with van der Waals surface area (Å²) in [4.78, 5) is 12.5. The first-order valence-corrected chi connectivity index (χ1v) is 8.22. The molecular weight excluding hydrogens is 302 g/mol. The zero-order valence-corrected chi connectivity index (χ0v) is 14.5. The lowest BCUT2D eigenvalue weighted by Gasteiger charge is -2.19. The van der Waals surface area contributed by atoms with Gasteiger partial charge in [-0.25, -0.2) is 0 Å². The van der Waals surface area contributed by atoms with Crippen LogP contribution in [0.15, 0.2) is 48.5 Å². The largest absolute Gasteiger partial charge is 0.497 e. The van der Waals surface area contributed by atoms with E-state index < -0.39 is 6.10 Å².